The van der Waals surface area contributed by atoms with Crippen molar-refractivity contribution < 1.29 is 23.0 Å². The van der Waals surface area contributed by atoms with Crippen LogP contribution in [0.15, 0.2) is 54.7 Å². The van der Waals surface area contributed by atoms with Gasteiger partial charge in [0.05, 0.1) is 24.2 Å². The van der Waals surface area contributed by atoms with Gasteiger partial charge in [0.2, 0.25) is 17.7 Å². The van der Waals surface area contributed by atoms with Gasteiger partial charge in [0.25, 0.3) is 6.43 Å². The van der Waals surface area contributed by atoms with E-state index in [4.69, 9.17) is 9.47 Å². The first-order valence-corrected chi connectivity index (χ1v) is 14.4. The molecule has 1 saturated carbocycles. The normalized spacial score (nSPS) is 19.3. The average Bonchev–Trinajstić information content (AvgIpc) is 3.42. The Morgan fingerprint density at radius 1 is 1.02 bits per heavy atom. The van der Waals surface area contributed by atoms with Crippen LogP contribution in [-0.4, -0.2) is 69.4 Å². The summed E-state index contributed by atoms with van der Waals surface area (Å²) in [5, 5.41) is 3.04. The van der Waals surface area contributed by atoms with E-state index in [9.17, 15) is 13.6 Å². The Balaban J connectivity index is 1.17. The molecule has 4 heterocycles. The van der Waals surface area contributed by atoms with Crippen LogP contribution in [0, 0.1) is 5.92 Å². The fourth-order valence-electron chi connectivity index (χ4n) is 5.53. The Kier molecular flexibility index (Phi) is 8.50. The molecule has 10 nitrogen and oxygen atoms in total. The van der Waals surface area contributed by atoms with Crippen molar-refractivity contribution in [2.24, 2.45) is 5.92 Å². The maximum absolute atomic E-state index is 14.1. The number of nitrogens with zero attached hydrogens (tertiary/aromatic N) is 6. The fraction of sp³-hybridized carbons (Fsp3) is 0.433. The second-order valence-corrected chi connectivity index (χ2v) is 10.5. The van der Waals surface area contributed by atoms with E-state index < -0.39 is 6.43 Å². The van der Waals surface area contributed by atoms with Gasteiger partial charge in [-0.2, -0.15) is 9.97 Å². The van der Waals surface area contributed by atoms with E-state index in [0.29, 0.717) is 87.8 Å². The van der Waals surface area contributed by atoms with Crippen LogP contribution in [0.1, 0.15) is 43.6 Å². The molecule has 1 saturated heterocycles. The van der Waals surface area contributed by atoms with E-state index in [-0.39, 0.29) is 29.6 Å². The van der Waals surface area contributed by atoms with Gasteiger partial charge in [-0.05, 0) is 49.9 Å². The molecular weight excluding hydrogens is 544 g/mol. The molecule has 1 N–H and O–H groups in total. The summed E-state index contributed by atoms with van der Waals surface area (Å²) in [7, 11) is 0. The SMILES string of the molecule is O=C(NCCc1ccccn1)[C@H]1CC[C@H](Oc2cc(-n3c(C(F)F)nc4ccccc43)nc(N3CCOCC3)n2)CC1. The average molecular weight is 578 g/mol. The molecule has 0 radical (unpaired) electrons. The van der Waals surface area contributed by atoms with Crippen LogP contribution in [0.4, 0.5) is 14.7 Å². The van der Waals surface area contributed by atoms with Gasteiger partial charge in [0.1, 0.15) is 11.9 Å². The van der Waals surface area contributed by atoms with Gasteiger partial charge in [0, 0.05) is 49.9 Å². The van der Waals surface area contributed by atoms with Crippen molar-refractivity contribution in [2.75, 3.05) is 37.7 Å². The first-order chi connectivity index (χ1) is 20.5. The topological polar surface area (TPSA) is 107 Å². The third kappa shape index (κ3) is 6.33. The van der Waals surface area contributed by atoms with Crippen molar-refractivity contribution in [1.29, 1.82) is 0 Å². The number of amides is 1. The highest BCUT2D eigenvalue weighted by Crippen LogP contribution is 2.32. The number of halogens is 2. The van der Waals surface area contributed by atoms with E-state index in [0.717, 1.165) is 5.69 Å². The summed E-state index contributed by atoms with van der Waals surface area (Å²) in [6.07, 6.45) is 2.23. The number of rotatable bonds is 9. The molecule has 1 aromatic carbocycles. The number of hydrogen-bond acceptors (Lipinski definition) is 8. The predicted octanol–water partition coefficient (Wildman–Crippen LogP) is 4.28. The van der Waals surface area contributed by atoms with Gasteiger partial charge in [-0.25, -0.2) is 13.8 Å². The van der Waals surface area contributed by atoms with Crippen molar-refractivity contribution in [2.45, 2.75) is 44.6 Å². The Hall–Kier alpha value is -4.19. The summed E-state index contributed by atoms with van der Waals surface area (Å²) in [6, 6.07) is 14.3. The van der Waals surface area contributed by atoms with Crippen molar-refractivity contribution >= 4 is 22.9 Å². The second kappa shape index (κ2) is 12.8. The van der Waals surface area contributed by atoms with E-state index >= 15 is 0 Å². The van der Waals surface area contributed by atoms with Crippen LogP contribution in [-0.2, 0) is 16.0 Å². The summed E-state index contributed by atoms with van der Waals surface area (Å²) in [6.45, 7) is 2.75. The van der Waals surface area contributed by atoms with Crippen LogP contribution in [0.5, 0.6) is 5.88 Å². The smallest absolute Gasteiger partial charge is 0.296 e. The number of aromatic nitrogens is 5. The largest absolute Gasteiger partial charge is 0.474 e. The Bertz CT molecular complexity index is 1500. The number of hydrogen-bond donors (Lipinski definition) is 1. The highest BCUT2D eigenvalue weighted by atomic mass is 19.3. The number of fused-ring (bicyclic) bond motifs is 1. The predicted molar refractivity (Wildman–Crippen MR) is 152 cm³/mol. The molecule has 1 aliphatic heterocycles. The summed E-state index contributed by atoms with van der Waals surface area (Å²) >= 11 is 0. The number of ether oxygens (including phenoxy) is 2. The Morgan fingerprint density at radius 3 is 2.57 bits per heavy atom. The molecule has 1 aliphatic carbocycles. The van der Waals surface area contributed by atoms with Crippen molar-refractivity contribution in [3.63, 3.8) is 0 Å². The van der Waals surface area contributed by atoms with Gasteiger partial charge in [-0.1, -0.05) is 18.2 Å². The van der Waals surface area contributed by atoms with E-state index in [2.05, 4.69) is 25.3 Å². The number of carbonyl (C=O) groups is 1. The monoisotopic (exact) mass is 577 g/mol. The minimum absolute atomic E-state index is 0.0508. The minimum Gasteiger partial charge on any atom is -0.474 e. The Morgan fingerprint density at radius 2 is 1.81 bits per heavy atom. The lowest BCUT2D eigenvalue weighted by Gasteiger charge is -2.29. The molecule has 1 amide bonds. The van der Waals surface area contributed by atoms with Crippen molar-refractivity contribution in [3.8, 4) is 11.7 Å². The van der Waals surface area contributed by atoms with E-state index in [1.807, 2.05) is 23.1 Å². The number of benzene rings is 1. The minimum atomic E-state index is -2.80. The van der Waals surface area contributed by atoms with Crippen molar-refractivity contribution in [1.82, 2.24) is 29.8 Å². The molecule has 2 fully saturated rings. The first-order valence-electron chi connectivity index (χ1n) is 14.4. The van der Waals surface area contributed by atoms with Crippen LogP contribution in [0.3, 0.4) is 0 Å². The maximum Gasteiger partial charge on any atom is 0.296 e. The van der Waals surface area contributed by atoms with E-state index in [1.165, 1.54) is 4.57 Å². The summed E-state index contributed by atoms with van der Waals surface area (Å²) in [5.41, 5.74) is 1.93. The molecule has 0 unspecified atom stereocenters. The molecule has 0 spiro atoms. The number of nitrogens with one attached hydrogen (secondary N) is 1. The summed E-state index contributed by atoms with van der Waals surface area (Å²) < 4.78 is 41.4. The third-order valence-corrected chi connectivity index (χ3v) is 7.72. The lowest BCUT2D eigenvalue weighted by atomic mass is 9.86. The van der Waals surface area contributed by atoms with Gasteiger partial charge >= 0.3 is 0 Å². The number of para-hydroxylation sites is 2. The molecule has 6 rings (SSSR count). The number of alkyl halides is 2. The number of pyridine rings is 1. The molecule has 2 aliphatic rings. The first kappa shape index (κ1) is 28.0. The highest BCUT2D eigenvalue weighted by Gasteiger charge is 2.29. The maximum atomic E-state index is 14.1. The van der Waals surface area contributed by atoms with Gasteiger partial charge in [-0.15, -0.1) is 0 Å². The third-order valence-electron chi connectivity index (χ3n) is 7.72. The fourth-order valence-corrected chi connectivity index (χ4v) is 5.53. The van der Waals surface area contributed by atoms with Crippen molar-refractivity contribution in [3.05, 3.63) is 66.2 Å². The molecule has 0 bridgehead atoms. The number of morpholine rings is 1. The van der Waals surface area contributed by atoms with Crippen LogP contribution in [0.25, 0.3) is 16.9 Å². The summed E-state index contributed by atoms with van der Waals surface area (Å²) in [4.78, 5) is 32.6. The van der Waals surface area contributed by atoms with Crippen LogP contribution in [0.2, 0.25) is 0 Å². The lowest BCUT2D eigenvalue weighted by Crippen LogP contribution is -2.38. The molecule has 220 valence electrons. The highest BCUT2D eigenvalue weighted by molar-refractivity contribution is 5.79. The Labute approximate surface area is 242 Å². The molecule has 12 heteroatoms. The molecular formula is C30H33F2N7O3. The number of imidazole rings is 1. The van der Waals surface area contributed by atoms with Crippen LogP contribution < -0.4 is 15.0 Å². The van der Waals surface area contributed by atoms with E-state index in [1.54, 1.807) is 36.5 Å². The molecule has 3 aromatic heterocycles. The van der Waals surface area contributed by atoms with Gasteiger partial charge < -0.3 is 19.7 Å². The molecule has 4 aromatic rings. The second-order valence-electron chi connectivity index (χ2n) is 10.5. The van der Waals surface area contributed by atoms with Gasteiger partial charge in [0.15, 0.2) is 5.82 Å². The lowest BCUT2D eigenvalue weighted by molar-refractivity contribution is -0.126. The van der Waals surface area contributed by atoms with Crippen LogP contribution >= 0.6 is 0 Å². The number of carbonyl (C=O) groups excluding carboxylic acids is 1. The number of anilines is 1. The zero-order chi connectivity index (χ0) is 28.9. The standard InChI is InChI=1S/C30H33F2N7O3/c31-27(32)28-35-23-6-1-2-7-24(23)39(28)25-19-26(37-30(36-25)38-15-17-41-18-16-38)42-22-10-8-20(9-11-22)29(40)34-14-12-21-5-3-4-13-33-21/h1-7,13,19-20,22,27H,8-12,14-18H2,(H,34,40)/t20-,22-. The quantitative estimate of drug-likeness (QED) is 0.314. The zero-order valence-corrected chi connectivity index (χ0v) is 23.2. The zero-order valence-electron chi connectivity index (χ0n) is 23.2. The van der Waals surface area contributed by atoms with Gasteiger partial charge in [-0.3, -0.25) is 14.3 Å². The molecule has 42 heavy (non-hydrogen) atoms. The molecule has 0 atom stereocenters. The summed E-state index contributed by atoms with van der Waals surface area (Å²) in [5.74, 6) is 0.557.